The lowest BCUT2D eigenvalue weighted by Gasteiger charge is -2.38. The van der Waals surface area contributed by atoms with Gasteiger partial charge in [-0.1, -0.05) is 47.1 Å². The average Bonchev–Trinajstić information content (AvgIpc) is 3.10. The van der Waals surface area contributed by atoms with Crippen LogP contribution >= 0.6 is 11.6 Å². The Morgan fingerprint density at radius 2 is 2.05 bits per heavy atom. The molecule has 0 bridgehead atoms. The number of hydrogen-bond donors (Lipinski definition) is 2. The number of allylic oxidation sites excluding steroid dienone is 4. The number of aliphatic hydroxyl groups is 1. The number of pyridine rings is 1. The fraction of sp³-hybridized carbons (Fsp3) is 0.333. The highest BCUT2D eigenvalue weighted by atomic mass is 35.5. The second kappa shape index (κ2) is 11.7. The lowest BCUT2D eigenvalue weighted by Crippen LogP contribution is -2.42. The van der Waals surface area contributed by atoms with E-state index in [1.807, 2.05) is 54.6 Å². The molecule has 0 saturated carbocycles. The Morgan fingerprint density at radius 1 is 1.26 bits per heavy atom. The predicted octanol–water partition coefficient (Wildman–Crippen LogP) is 5.50. The van der Waals surface area contributed by atoms with E-state index in [2.05, 4.69) is 27.2 Å². The molecule has 8 heteroatoms. The van der Waals surface area contributed by atoms with Crippen molar-refractivity contribution in [3.63, 3.8) is 0 Å². The molecule has 2 N–H and O–H groups in total. The number of halogens is 1. The second-order valence-electron chi connectivity index (χ2n) is 9.87. The molecule has 1 atom stereocenters. The highest BCUT2D eigenvalue weighted by molar-refractivity contribution is 6.30. The molecular formula is C30H32ClN3O4. The molecular weight excluding hydrogens is 502 g/mol. The zero-order valence-electron chi connectivity index (χ0n) is 21.4. The quantitative estimate of drug-likeness (QED) is 0.277. The van der Waals surface area contributed by atoms with Crippen LogP contribution in [0.4, 0.5) is 0 Å². The van der Waals surface area contributed by atoms with E-state index in [4.69, 9.17) is 26.3 Å². The number of nitrogens with zero attached hydrogens (tertiary/aromatic N) is 3. The van der Waals surface area contributed by atoms with E-state index in [0.29, 0.717) is 35.2 Å². The summed E-state index contributed by atoms with van der Waals surface area (Å²) >= 11 is 6.02. The van der Waals surface area contributed by atoms with Crippen LogP contribution in [0.15, 0.2) is 89.5 Å². The van der Waals surface area contributed by atoms with Crippen LogP contribution in [0.2, 0.25) is 5.02 Å². The van der Waals surface area contributed by atoms with E-state index >= 15 is 0 Å². The maximum Gasteiger partial charge on any atom is 0.227 e. The second-order valence-corrected chi connectivity index (χ2v) is 10.3. The van der Waals surface area contributed by atoms with Gasteiger partial charge < -0.3 is 24.7 Å². The summed E-state index contributed by atoms with van der Waals surface area (Å²) in [6.07, 6.45) is 13.7. The number of hydrogen-bond acceptors (Lipinski definition) is 7. The monoisotopic (exact) mass is 533 g/mol. The zero-order valence-corrected chi connectivity index (χ0v) is 22.1. The van der Waals surface area contributed by atoms with E-state index in [1.165, 1.54) is 0 Å². The van der Waals surface area contributed by atoms with Gasteiger partial charge in [-0.2, -0.15) is 0 Å². The first-order valence-corrected chi connectivity index (χ1v) is 13.3. The number of rotatable bonds is 7. The summed E-state index contributed by atoms with van der Waals surface area (Å²) in [5, 5.41) is 24.1. The largest absolute Gasteiger partial charge is 0.438 e. The Hall–Kier alpha value is -3.23. The Bertz CT molecular complexity index is 1310. The molecule has 2 aromatic rings. The van der Waals surface area contributed by atoms with E-state index in [1.54, 1.807) is 13.1 Å². The van der Waals surface area contributed by atoms with Crippen LogP contribution in [-0.2, 0) is 10.3 Å². The summed E-state index contributed by atoms with van der Waals surface area (Å²) in [6.45, 7) is 4.45. The maximum absolute atomic E-state index is 11.2. The van der Waals surface area contributed by atoms with Crippen LogP contribution in [0.3, 0.4) is 0 Å². The topological polar surface area (TPSA) is 87.4 Å². The number of fused-ring (bicyclic) bond motifs is 2. The molecule has 38 heavy (non-hydrogen) atoms. The average molecular weight is 534 g/mol. The van der Waals surface area contributed by atoms with Gasteiger partial charge in [0.25, 0.3) is 0 Å². The fourth-order valence-corrected chi connectivity index (χ4v) is 5.15. The minimum Gasteiger partial charge on any atom is -0.438 e. The third kappa shape index (κ3) is 5.92. The molecule has 1 aromatic heterocycles. The van der Waals surface area contributed by atoms with Gasteiger partial charge >= 0.3 is 0 Å². The van der Waals surface area contributed by atoms with Crippen molar-refractivity contribution >= 4 is 22.9 Å². The van der Waals surface area contributed by atoms with Crippen molar-refractivity contribution in [2.75, 3.05) is 26.2 Å². The van der Waals surface area contributed by atoms with Gasteiger partial charge in [-0.05, 0) is 73.7 Å². The minimum atomic E-state index is -0.807. The molecule has 3 aliphatic rings. The first-order valence-electron chi connectivity index (χ1n) is 12.9. The molecule has 5 rings (SSSR count). The maximum atomic E-state index is 11.2. The molecule has 3 heterocycles. The van der Waals surface area contributed by atoms with Crippen molar-refractivity contribution in [2.24, 2.45) is 5.16 Å². The van der Waals surface area contributed by atoms with Crippen LogP contribution in [0.25, 0.3) is 5.57 Å². The standard InChI is InChI=1S/C30H32ClN3O4/c1-21(33-36)20-37-27-7-2-8-28-26(27)19-22(25-6-3-15-32-29(25)38-28)5-4-16-34-17-13-30(35,14-18-34)23-9-11-24(31)12-10-23/h2-3,5-12,15,19,27,35-36H,4,13-14,16-18,20H2,1H3. The summed E-state index contributed by atoms with van der Waals surface area (Å²) in [4.78, 5) is 6.87. The van der Waals surface area contributed by atoms with E-state index in [-0.39, 0.29) is 12.7 Å². The molecule has 0 radical (unpaired) electrons. The fourth-order valence-electron chi connectivity index (χ4n) is 5.02. The first kappa shape index (κ1) is 26.4. The molecule has 0 amide bonds. The van der Waals surface area contributed by atoms with Crippen molar-refractivity contribution in [3.05, 3.63) is 100 Å². The molecule has 0 spiro atoms. The Balaban J connectivity index is 1.29. The molecule has 1 aliphatic carbocycles. The third-order valence-corrected chi connectivity index (χ3v) is 7.49. The summed E-state index contributed by atoms with van der Waals surface area (Å²) in [5.41, 5.74) is 3.47. The van der Waals surface area contributed by atoms with Gasteiger partial charge in [0.05, 0.1) is 17.9 Å². The molecule has 198 valence electrons. The molecule has 7 nitrogen and oxygen atoms in total. The number of benzene rings is 1. The van der Waals surface area contributed by atoms with Crippen LogP contribution in [0, 0.1) is 0 Å². The first-order chi connectivity index (χ1) is 18.4. The summed E-state index contributed by atoms with van der Waals surface area (Å²) in [6, 6.07) is 11.5. The molecule has 1 aromatic carbocycles. The third-order valence-electron chi connectivity index (χ3n) is 7.24. The zero-order chi connectivity index (χ0) is 26.5. The van der Waals surface area contributed by atoms with Gasteiger partial charge in [0.1, 0.15) is 11.9 Å². The van der Waals surface area contributed by atoms with Crippen molar-refractivity contribution in [1.82, 2.24) is 9.88 Å². The smallest absolute Gasteiger partial charge is 0.227 e. The van der Waals surface area contributed by atoms with Crippen LogP contribution < -0.4 is 4.74 Å². The summed E-state index contributed by atoms with van der Waals surface area (Å²) < 4.78 is 12.2. The number of ether oxygens (including phenoxy) is 2. The normalized spacial score (nSPS) is 22.1. The van der Waals surface area contributed by atoms with Crippen LogP contribution in [0.5, 0.6) is 5.88 Å². The Kier molecular flexibility index (Phi) is 8.09. The number of oxime groups is 1. The van der Waals surface area contributed by atoms with E-state index in [0.717, 1.165) is 48.3 Å². The van der Waals surface area contributed by atoms with Gasteiger partial charge in [-0.3, -0.25) is 0 Å². The van der Waals surface area contributed by atoms with Crippen molar-refractivity contribution in [3.8, 4) is 5.88 Å². The highest BCUT2D eigenvalue weighted by Crippen LogP contribution is 2.37. The summed E-state index contributed by atoms with van der Waals surface area (Å²) in [7, 11) is 0. The Labute approximate surface area is 228 Å². The highest BCUT2D eigenvalue weighted by Gasteiger charge is 2.33. The molecule has 1 fully saturated rings. The van der Waals surface area contributed by atoms with Gasteiger partial charge in [0.2, 0.25) is 5.88 Å². The van der Waals surface area contributed by atoms with Crippen LogP contribution in [0.1, 0.15) is 37.3 Å². The van der Waals surface area contributed by atoms with Gasteiger partial charge in [0.15, 0.2) is 0 Å². The molecule has 1 saturated heterocycles. The van der Waals surface area contributed by atoms with Gasteiger partial charge in [-0.15, -0.1) is 0 Å². The molecule has 2 aliphatic heterocycles. The van der Waals surface area contributed by atoms with Crippen molar-refractivity contribution in [2.45, 2.75) is 37.9 Å². The number of likely N-dealkylation sites (tertiary alicyclic amines) is 1. The SMILES string of the molecule is CC(COC1C=CC=C2Oc3ncccc3C(=CCCN3CCC(O)(c4ccc(Cl)cc4)CC3)C=C21)=NO. The van der Waals surface area contributed by atoms with Crippen LogP contribution in [-0.4, -0.2) is 58.3 Å². The number of piperidine rings is 1. The lowest BCUT2D eigenvalue weighted by atomic mass is 9.84. The van der Waals surface area contributed by atoms with Gasteiger partial charge in [0, 0.05) is 42.0 Å². The lowest BCUT2D eigenvalue weighted by molar-refractivity contribution is -0.0254. The Morgan fingerprint density at radius 3 is 2.82 bits per heavy atom. The van der Waals surface area contributed by atoms with E-state index in [9.17, 15) is 5.11 Å². The van der Waals surface area contributed by atoms with Crippen molar-refractivity contribution < 1.29 is 19.8 Å². The number of aromatic nitrogens is 1. The molecule has 1 unspecified atom stereocenters. The minimum absolute atomic E-state index is 0.206. The van der Waals surface area contributed by atoms with E-state index < -0.39 is 5.60 Å². The predicted molar refractivity (Wildman–Crippen MR) is 148 cm³/mol. The van der Waals surface area contributed by atoms with Crippen molar-refractivity contribution in [1.29, 1.82) is 0 Å². The summed E-state index contributed by atoms with van der Waals surface area (Å²) in [5.74, 6) is 1.25. The van der Waals surface area contributed by atoms with Gasteiger partial charge in [-0.25, -0.2) is 4.98 Å².